The first kappa shape index (κ1) is 20.2. The van der Waals surface area contributed by atoms with Gasteiger partial charge in [-0.15, -0.1) is 0 Å². The van der Waals surface area contributed by atoms with Crippen molar-refractivity contribution in [2.24, 2.45) is 5.73 Å². The van der Waals surface area contributed by atoms with Gasteiger partial charge in [0.15, 0.2) is 0 Å². The van der Waals surface area contributed by atoms with Crippen LogP contribution in [0, 0.1) is 6.92 Å². The first-order valence-corrected chi connectivity index (χ1v) is 10.7. The molecule has 162 valence electrons. The molecule has 7 heteroatoms. The van der Waals surface area contributed by atoms with Crippen molar-refractivity contribution in [2.45, 2.75) is 32.9 Å². The molecule has 1 atom stereocenters. The van der Waals surface area contributed by atoms with Gasteiger partial charge in [-0.1, -0.05) is 36.4 Å². The molecule has 3 heterocycles. The van der Waals surface area contributed by atoms with E-state index < -0.39 is 5.91 Å². The first-order chi connectivity index (χ1) is 15.5. The van der Waals surface area contributed by atoms with Crippen LogP contribution in [-0.4, -0.2) is 27.0 Å². The van der Waals surface area contributed by atoms with Crippen LogP contribution < -0.4 is 11.1 Å². The summed E-state index contributed by atoms with van der Waals surface area (Å²) in [6.07, 6.45) is 0.634. The molecule has 0 saturated heterocycles. The summed E-state index contributed by atoms with van der Waals surface area (Å²) in [6.45, 7) is 5.29. The highest BCUT2D eigenvalue weighted by Gasteiger charge is 2.25. The summed E-state index contributed by atoms with van der Waals surface area (Å²) in [4.78, 5) is 21.8. The minimum Gasteiger partial charge on any atom is -0.373 e. The van der Waals surface area contributed by atoms with Crippen molar-refractivity contribution < 1.29 is 9.53 Å². The van der Waals surface area contributed by atoms with E-state index in [1.807, 2.05) is 54.8 Å². The third-order valence-electron chi connectivity index (χ3n) is 5.92. The molecule has 1 amide bonds. The molecule has 2 aromatic carbocycles. The van der Waals surface area contributed by atoms with Gasteiger partial charge in [-0.05, 0) is 37.6 Å². The normalized spacial score (nSPS) is 15.5. The Bertz CT molecular complexity index is 1310. The molecule has 0 radical (unpaired) electrons. The number of fused-ring (bicyclic) bond motifs is 2. The van der Waals surface area contributed by atoms with Crippen LogP contribution in [0.5, 0.6) is 0 Å². The molecule has 0 spiro atoms. The smallest absolute Gasteiger partial charge is 0.249 e. The van der Waals surface area contributed by atoms with E-state index in [1.54, 1.807) is 6.07 Å². The van der Waals surface area contributed by atoms with Crippen molar-refractivity contribution >= 4 is 22.6 Å². The van der Waals surface area contributed by atoms with Gasteiger partial charge >= 0.3 is 0 Å². The second-order valence-corrected chi connectivity index (χ2v) is 8.06. The van der Waals surface area contributed by atoms with Gasteiger partial charge < -0.3 is 15.8 Å². The van der Waals surface area contributed by atoms with Crippen LogP contribution in [0.25, 0.3) is 16.9 Å². The second-order valence-electron chi connectivity index (χ2n) is 8.06. The lowest BCUT2D eigenvalue weighted by molar-refractivity contribution is 0.0544. The molecule has 2 aromatic heterocycles. The maximum Gasteiger partial charge on any atom is 0.249 e. The third-order valence-corrected chi connectivity index (χ3v) is 5.92. The zero-order valence-electron chi connectivity index (χ0n) is 18.1. The summed E-state index contributed by atoms with van der Waals surface area (Å²) in [5.74, 6) is 0.895. The molecule has 4 aromatic rings. The molecule has 32 heavy (non-hydrogen) atoms. The quantitative estimate of drug-likeness (QED) is 0.501. The Balaban J connectivity index is 1.65. The second kappa shape index (κ2) is 8.09. The number of nitrogens with two attached hydrogens (primary N) is 1. The fraction of sp³-hybridized carbons (Fsp3) is 0.240. The van der Waals surface area contributed by atoms with Gasteiger partial charge in [-0.25, -0.2) is 4.98 Å². The van der Waals surface area contributed by atoms with Crippen molar-refractivity contribution in [2.75, 3.05) is 11.9 Å². The highest BCUT2D eigenvalue weighted by Crippen LogP contribution is 2.33. The average molecular weight is 428 g/mol. The predicted octanol–water partition coefficient (Wildman–Crippen LogP) is 4.07. The molecule has 7 nitrogen and oxygen atoms in total. The Kier molecular flexibility index (Phi) is 5.11. The maximum atomic E-state index is 11.9. The Morgan fingerprint density at radius 1 is 1.19 bits per heavy atom. The van der Waals surface area contributed by atoms with E-state index in [9.17, 15) is 4.79 Å². The van der Waals surface area contributed by atoms with E-state index in [4.69, 9.17) is 20.4 Å². The monoisotopic (exact) mass is 427 g/mol. The average Bonchev–Trinajstić information content (AvgIpc) is 3.13. The summed E-state index contributed by atoms with van der Waals surface area (Å²) >= 11 is 0. The highest BCUT2D eigenvalue weighted by atomic mass is 16.5. The lowest BCUT2D eigenvalue weighted by Gasteiger charge is -2.26. The summed E-state index contributed by atoms with van der Waals surface area (Å²) in [7, 11) is 0. The first-order valence-electron chi connectivity index (χ1n) is 10.7. The molecule has 1 unspecified atom stereocenters. The molecular formula is C25H25N5O2. The molecule has 0 bridgehead atoms. The van der Waals surface area contributed by atoms with Crippen LogP contribution in [0.1, 0.15) is 45.9 Å². The fourth-order valence-corrected chi connectivity index (χ4v) is 4.40. The topological polar surface area (TPSA) is 95.1 Å². The molecule has 0 aliphatic carbocycles. The lowest BCUT2D eigenvalue weighted by Crippen LogP contribution is -2.21. The number of hydrogen-bond donors (Lipinski definition) is 2. The number of ether oxygens (including phenoxy) is 1. The van der Waals surface area contributed by atoms with Gasteiger partial charge in [-0.2, -0.15) is 4.98 Å². The van der Waals surface area contributed by atoms with E-state index in [1.165, 1.54) is 5.56 Å². The van der Waals surface area contributed by atoms with Crippen LogP contribution in [0.15, 0.2) is 54.6 Å². The van der Waals surface area contributed by atoms with Crippen molar-refractivity contribution in [3.05, 3.63) is 82.7 Å². The molecule has 1 aliphatic heterocycles. The number of benzene rings is 2. The maximum absolute atomic E-state index is 11.9. The SMILES string of the molecule is Cc1cc2c(C(N)=O)cccc2n1-c1nc2c(c(NCc3ccccc3)n1)C(C)OCC2. The Morgan fingerprint density at radius 2 is 2.00 bits per heavy atom. The molecule has 3 N–H and O–H groups in total. The number of aromatic nitrogens is 3. The highest BCUT2D eigenvalue weighted by molar-refractivity contribution is 6.06. The summed E-state index contributed by atoms with van der Waals surface area (Å²) in [5, 5.41) is 4.30. The largest absolute Gasteiger partial charge is 0.373 e. The van der Waals surface area contributed by atoms with Crippen molar-refractivity contribution in [1.29, 1.82) is 0 Å². The lowest BCUT2D eigenvalue weighted by atomic mass is 10.0. The van der Waals surface area contributed by atoms with Gasteiger partial charge in [0.2, 0.25) is 11.9 Å². The van der Waals surface area contributed by atoms with E-state index in [2.05, 4.69) is 17.4 Å². The minimum absolute atomic E-state index is 0.0879. The molecule has 0 fully saturated rings. The number of aryl methyl sites for hydroxylation is 1. The number of primary amides is 1. The number of carbonyl (C=O) groups excluding carboxylic acids is 1. The van der Waals surface area contributed by atoms with Crippen LogP contribution in [0.2, 0.25) is 0 Å². The number of nitrogens with one attached hydrogen (secondary N) is 1. The summed E-state index contributed by atoms with van der Waals surface area (Å²) in [5.41, 5.74) is 11.0. The number of hydrogen-bond acceptors (Lipinski definition) is 5. The number of anilines is 1. The number of rotatable bonds is 5. The van der Waals surface area contributed by atoms with Crippen LogP contribution >= 0.6 is 0 Å². The number of carbonyl (C=O) groups is 1. The van der Waals surface area contributed by atoms with Crippen molar-refractivity contribution in [3.8, 4) is 5.95 Å². The van der Waals surface area contributed by atoms with Gasteiger partial charge in [-0.3, -0.25) is 9.36 Å². The zero-order chi connectivity index (χ0) is 22.2. The Hall–Kier alpha value is -3.71. The van der Waals surface area contributed by atoms with Crippen LogP contribution in [0.3, 0.4) is 0 Å². The molecule has 5 rings (SSSR count). The Morgan fingerprint density at radius 3 is 2.78 bits per heavy atom. The van der Waals surface area contributed by atoms with Gasteiger partial charge in [0, 0.05) is 35.2 Å². The molecule has 0 saturated carbocycles. The minimum atomic E-state index is -0.449. The van der Waals surface area contributed by atoms with Crippen LogP contribution in [-0.2, 0) is 17.7 Å². The van der Waals surface area contributed by atoms with E-state index in [0.29, 0.717) is 24.7 Å². The van der Waals surface area contributed by atoms with E-state index in [-0.39, 0.29) is 6.10 Å². The summed E-state index contributed by atoms with van der Waals surface area (Å²) in [6, 6.07) is 17.7. The van der Waals surface area contributed by atoms with Crippen LogP contribution in [0.4, 0.5) is 5.82 Å². The third kappa shape index (κ3) is 3.50. The van der Waals surface area contributed by atoms with Gasteiger partial charge in [0.05, 0.1) is 23.9 Å². The van der Waals surface area contributed by atoms with Gasteiger partial charge in [0.25, 0.3) is 0 Å². The number of nitrogens with zero attached hydrogens (tertiary/aromatic N) is 3. The molecular weight excluding hydrogens is 402 g/mol. The predicted molar refractivity (Wildman–Crippen MR) is 124 cm³/mol. The van der Waals surface area contributed by atoms with Crippen molar-refractivity contribution in [1.82, 2.24) is 14.5 Å². The van der Waals surface area contributed by atoms with Crippen molar-refractivity contribution in [3.63, 3.8) is 0 Å². The van der Waals surface area contributed by atoms with Gasteiger partial charge in [0.1, 0.15) is 5.82 Å². The van der Waals surface area contributed by atoms with E-state index >= 15 is 0 Å². The number of amides is 1. The van der Waals surface area contributed by atoms with E-state index in [0.717, 1.165) is 40.1 Å². The fourth-order valence-electron chi connectivity index (χ4n) is 4.40. The Labute approximate surface area is 186 Å². The zero-order valence-corrected chi connectivity index (χ0v) is 18.1. The standard InChI is InChI=1S/C25H25N5O2/c1-15-13-19-18(23(26)31)9-6-10-21(19)30(15)25-28-20-11-12-32-16(2)22(20)24(29-25)27-14-17-7-4-3-5-8-17/h3-10,13,16H,11-12,14H2,1-2H3,(H2,26,31)(H,27,28,29). The molecule has 1 aliphatic rings. The summed E-state index contributed by atoms with van der Waals surface area (Å²) < 4.78 is 7.87.